The number of aryl methyl sites for hydroxylation is 1. The number of fused-ring (bicyclic) bond motifs is 3. The zero-order valence-corrected chi connectivity index (χ0v) is 14.4. The molecule has 0 aliphatic carbocycles. The standard InChI is InChI=1S/C16H23N3O3.CH2O2/c1-12-3-2-4-14(17-12)7-19-6-13-5-18(9-16(20)21)8-15(19)11-22-10-13;2-1-3/h2-4,13,15H,5-11H2,1H3,(H,20,21);1H,(H,2,3)/t13-,15-;/m0./s1. The third-order valence-corrected chi connectivity index (χ3v) is 4.33. The number of ether oxygens (including phenoxy) is 1. The zero-order valence-electron chi connectivity index (χ0n) is 14.4. The molecular formula is C17H25N3O5. The maximum absolute atomic E-state index is 11.0. The van der Waals surface area contributed by atoms with E-state index in [1.54, 1.807) is 0 Å². The topological polar surface area (TPSA) is 103 Å². The van der Waals surface area contributed by atoms with Gasteiger partial charge in [0.05, 0.1) is 25.5 Å². The SMILES string of the molecule is Cc1cccc(CN2C[C@H]3COC[C@@H]2CN(CC(=O)O)C3)n1.O=CO. The number of aliphatic carboxylic acids is 1. The molecule has 2 aliphatic rings. The van der Waals surface area contributed by atoms with Gasteiger partial charge in [-0.15, -0.1) is 0 Å². The molecule has 8 nitrogen and oxygen atoms in total. The van der Waals surface area contributed by atoms with E-state index in [0.29, 0.717) is 19.1 Å². The van der Waals surface area contributed by atoms with Gasteiger partial charge < -0.3 is 14.9 Å². The van der Waals surface area contributed by atoms with E-state index in [2.05, 4.69) is 16.0 Å². The van der Waals surface area contributed by atoms with E-state index >= 15 is 0 Å². The summed E-state index contributed by atoms with van der Waals surface area (Å²) in [5.74, 6) is -0.399. The summed E-state index contributed by atoms with van der Waals surface area (Å²) in [6.07, 6.45) is 0. The highest BCUT2D eigenvalue weighted by molar-refractivity contribution is 5.69. The van der Waals surface area contributed by atoms with Crippen molar-refractivity contribution in [3.8, 4) is 0 Å². The zero-order chi connectivity index (χ0) is 18.2. The molecule has 0 aromatic carbocycles. The molecular weight excluding hydrogens is 326 g/mol. The van der Waals surface area contributed by atoms with Gasteiger partial charge in [0.1, 0.15) is 0 Å². The quantitative estimate of drug-likeness (QED) is 0.747. The number of nitrogens with zero attached hydrogens (tertiary/aromatic N) is 3. The molecule has 1 aromatic heterocycles. The van der Waals surface area contributed by atoms with Crippen LogP contribution in [0.2, 0.25) is 0 Å². The first-order valence-corrected chi connectivity index (χ1v) is 8.28. The Balaban J connectivity index is 0.000000701. The molecule has 3 rings (SSSR count). The van der Waals surface area contributed by atoms with E-state index < -0.39 is 5.97 Å². The van der Waals surface area contributed by atoms with Gasteiger partial charge in [0.25, 0.3) is 6.47 Å². The van der Waals surface area contributed by atoms with Crippen molar-refractivity contribution in [2.24, 2.45) is 5.92 Å². The Labute approximate surface area is 147 Å². The maximum atomic E-state index is 11.0. The summed E-state index contributed by atoms with van der Waals surface area (Å²) in [4.78, 5) is 28.4. The number of rotatable bonds is 4. The Hall–Kier alpha value is -2.03. The number of aromatic nitrogens is 1. The summed E-state index contributed by atoms with van der Waals surface area (Å²) < 4.78 is 5.77. The highest BCUT2D eigenvalue weighted by Crippen LogP contribution is 2.21. The van der Waals surface area contributed by atoms with E-state index in [4.69, 9.17) is 19.7 Å². The lowest BCUT2D eigenvalue weighted by Crippen LogP contribution is -2.45. The number of pyridine rings is 1. The second-order valence-electron chi connectivity index (χ2n) is 6.45. The van der Waals surface area contributed by atoms with Gasteiger partial charge in [0, 0.05) is 43.8 Å². The summed E-state index contributed by atoms with van der Waals surface area (Å²) in [6, 6.07) is 6.32. The molecule has 2 atom stereocenters. The van der Waals surface area contributed by atoms with Crippen LogP contribution >= 0.6 is 0 Å². The lowest BCUT2D eigenvalue weighted by molar-refractivity contribution is -0.138. The van der Waals surface area contributed by atoms with Crippen molar-refractivity contribution in [3.05, 3.63) is 29.6 Å². The second-order valence-corrected chi connectivity index (χ2v) is 6.45. The van der Waals surface area contributed by atoms with Crippen molar-refractivity contribution in [1.82, 2.24) is 14.8 Å². The van der Waals surface area contributed by atoms with Crippen LogP contribution in [0.15, 0.2) is 18.2 Å². The van der Waals surface area contributed by atoms with Gasteiger partial charge in [0.2, 0.25) is 0 Å². The Morgan fingerprint density at radius 2 is 2.12 bits per heavy atom. The Kier molecular flexibility index (Phi) is 7.30. The van der Waals surface area contributed by atoms with Crippen LogP contribution in [0.1, 0.15) is 11.4 Å². The Morgan fingerprint density at radius 3 is 2.80 bits per heavy atom. The predicted octanol–water partition coefficient (Wildman–Crippen LogP) is 0.308. The first kappa shape index (κ1) is 19.3. The lowest BCUT2D eigenvalue weighted by atomic mass is 10.1. The van der Waals surface area contributed by atoms with Crippen LogP contribution in [0.4, 0.5) is 0 Å². The molecule has 2 bridgehead atoms. The van der Waals surface area contributed by atoms with Crippen LogP contribution in [0.25, 0.3) is 0 Å². The average Bonchev–Trinajstić information content (AvgIpc) is 2.77. The first-order chi connectivity index (χ1) is 12.0. The van der Waals surface area contributed by atoms with E-state index in [-0.39, 0.29) is 19.1 Å². The lowest BCUT2D eigenvalue weighted by Gasteiger charge is -2.30. The van der Waals surface area contributed by atoms with E-state index in [1.165, 1.54) is 0 Å². The number of carboxylic acids is 1. The van der Waals surface area contributed by atoms with Gasteiger partial charge in [-0.3, -0.25) is 24.4 Å². The van der Waals surface area contributed by atoms with Gasteiger partial charge >= 0.3 is 5.97 Å². The molecule has 0 amide bonds. The number of carboxylic acid groups (broad SMARTS) is 2. The minimum absolute atomic E-state index is 0.115. The van der Waals surface area contributed by atoms with Crippen LogP contribution in [0.5, 0.6) is 0 Å². The summed E-state index contributed by atoms with van der Waals surface area (Å²) in [5.41, 5.74) is 2.09. The monoisotopic (exact) mass is 351 g/mol. The molecule has 2 saturated heterocycles. The Morgan fingerprint density at radius 1 is 1.36 bits per heavy atom. The summed E-state index contributed by atoms with van der Waals surface area (Å²) in [7, 11) is 0. The second kappa shape index (κ2) is 9.45. The van der Waals surface area contributed by atoms with Crippen molar-refractivity contribution in [2.45, 2.75) is 19.5 Å². The fourth-order valence-corrected chi connectivity index (χ4v) is 3.44. The molecule has 3 heterocycles. The highest BCUT2D eigenvalue weighted by atomic mass is 16.5. The molecule has 2 N–H and O–H groups in total. The minimum atomic E-state index is -0.757. The van der Waals surface area contributed by atoms with Gasteiger partial charge in [-0.1, -0.05) is 6.07 Å². The summed E-state index contributed by atoms with van der Waals surface area (Å²) in [5, 5.41) is 15.9. The van der Waals surface area contributed by atoms with Crippen molar-refractivity contribution in [3.63, 3.8) is 0 Å². The normalized spacial score (nSPS) is 23.9. The van der Waals surface area contributed by atoms with Crippen molar-refractivity contribution < 1.29 is 24.5 Å². The molecule has 1 aromatic rings. The first-order valence-electron chi connectivity index (χ1n) is 8.28. The van der Waals surface area contributed by atoms with Gasteiger partial charge in [-0.2, -0.15) is 0 Å². The number of carbonyl (C=O) groups is 2. The van der Waals surface area contributed by atoms with Crippen LogP contribution < -0.4 is 0 Å². The van der Waals surface area contributed by atoms with Gasteiger partial charge in [-0.25, -0.2) is 0 Å². The predicted molar refractivity (Wildman–Crippen MR) is 90.2 cm³/mol. The van der Waals surface area contributed by atoms with Crippen molar-refractivity contribution in [2.75, 3.05) is 39.4 Å². The number of hydrogen-bond acceptors (Lipinski definition) is 6. The van der Waals surface area contributed by atoms with Crippen LogP contribution in [0, 0.1) is 12.8 Å². The molecule has 0 saturated carbocycles. The third-order valence-electron chi connectivity index (χ3n) is 4.33. The fourth-order valence-electron chi connectivity index (χ4n) is 3.44. The van der Waals surface area contributed by atoms with E-state index in [9.17, 15) is 4.79 Å². The molecule has 138 valence electrons. The van der Waals surface area contributed by atoms with Gasteiger partial charge in [-0.05, 0) is 19.1 Å². The van der Waals surface area contributed by atoms with Crippen molar-refractivity contribution in [1.29, 1.82) is 0 Å². The van der Waals surface area contributed by atoms with Crippen molar-refractivity contribution >= 4 is 12.4 Å². The molecule has 2 fully saturated rings. The average molecular weight is 351 g/mol. The smallest absolute Gasteiger partial charge is 0.317 e. The maximum Gasteiger partial charge on any atom is 0.317 e. The number of hydrogen-bond donors (Lipinski definition) is 2. The molecule has 0 radical (unpaired) electrons. The molecule has 0 unspecified atom stereocenters. The molecule has 25 heavy (non-hydrogen) atoms. The molecule has 0 spiro atoms. The van der Waals surface area contributed by atoms with Gasteiger partial charge in [0.15, 0.2) is 0 Å². The summed E-state index contributed by atoms with van der Waals surface area (Å²) >= 11 is 0. The van der Waals surface area contributed by atoms with Crippen LogP contribution in [-0.2, 0) is 20.9 Å². The van der Waals surface area contributed by atoms with E-state index in [0.717, 1.165) is 37.6 Å². The largest absolute Gasteiger partial charge is 0.483 e. The van der Waals surface area contributed by atoms with Crippen LogP contribution in [0.3, 0.4) is 0 Å². The third kappa shape index (κ3) is 6.08. The van der Waals surface area contributed by atoms with E-state index in [1.807, 2.05) is 24.0 Å². The Bertz CT molecular complexity index is 583. The molecule has 2 aliphatic heterocycles. The highest BCUT2D eigenvalue weighted by Gasteiger charge is 2.33. The molecule has 8 heteroatoms. The fraction of sp³-hybridized carbons (Fsp3) is 0.588. The van der Waals surface area contributed by atoms with Crippen LogP contribution in [-0.4, -0.2) is 82.9 Å². The summed E-state index contributed by atoms with van der Waals surface area (Å²) in [6.45, 7) is 6.52. The minimum Gasteiger partial charge on any atom is -0.483 e.